The van der Waals surface area contributed by atoms with Crippen molar-refractivity contribution in [3.63, 3.8) is 0 Å². The molecule has 124 valence electrons. The van der Waals surface area contributed by atoms with E-state index in [0.717, 1.165) is 10.9 Å². The summed E-state index contributed by atoms with van der Waals surface area (Å²) in [6.45, 7) is 5.48. The van der Waals surface area contributed by atoms with Crippen molar-refractivity contribution in [3.05, 3.63) is 69.7 Å². The number of carbonyl (C=O) groups excluding carboxylic acids is 1. The van der Waals surface area contributed by atoms with Crippen molar-refractivity contribution in [3.8, 4) is 0 Å². The first-order valence-electron chi connectivity index (χ1n) is 7.85. The molecule has 1 aliphatic heterocycles. The third-order valence-electron chi connectivity index (χ3n) is 3.98. The maximum Gasteiger partial charge on any atom is 0.259 e. The largest absolute Gasteiger partial charge is 0.286 e. The monoisotopic (exact) mass is 358 g/mol. The Bertz CT molecular complexity index is 804. The van der Waals surface area contributed by atoms with Crippen molar-refractivity contribution in [2.45, 2.75) is 19.6 Å². The van der Waals surface area contributed by atoms with Gasteiger partial charge < -0.3 is 0 Å². The lowest BCUT2D eigenvalue weighted by atomic mass is 10.1. The highest BCUT2D eigenvalue weighted by Crippen LogP contribution is 2.24. The average molecular weight is 359 g/mol. The van der Waals surface area contributed by atoms with E-state index in [-0.39, 0.29) is 5.91 Å². The number of benzene rings is 2. The Morgan fingerprint density at radius 1 is 1.25 bits per heavy atom. The molecule has 0 aliphatic carbocycles. The van der Waals surface area contributed by atoms with E-state index in [9.17, 15) is 4.79 Å². The highest BCUT2D eigenvalue weighted by molar-refractivity contribution is 8.13. The summed E-state index contributed by atoms with van der Waals surface area (Å²) in [6.07, 6.45) is 0. The van der Waals surface area contributed by atoms with E-state index in [1.54, 1.807) is 40.9 Å². The zero-order valence-corrected chi connectivity index (χ0v) is 15.3. The molecule has 2 aromatic carbocycles. The van der Waals surface area contributed by atoms with Crippen molar-refractivity contribution in [2.24, 2.45) is 4.99 Å². The third kappa shape index (κ3) is 3.82. The minimum absolute atomic E-state index is 0.0396. The number of carbonyl (C=O) groups is 1. The lowest BCUT2D eigenvalue weighted by molar-refractivity contribution is 0.0860. The quantitative estimate of drug-likeness (QED) is 0.796. The number of hydrogen-bond donors (Lipinski definition) is 0. The van der Waals surface area contributed by atoms with E-state index < -0.39 is 0 Å². The Labute approximate surface area is 151 Å². The average Bonchev–Trinajstić information content (AvgIpc) is 3.03. The zero-order chi connectivity index (χ0) is 17.1. The Balaban J connectivity index is 1.71. The van der Waals surface area contributed by atoms with Gasteiger partial charge in [0.15, 0.2) is 5.17 Å². The van der Waals surface area contributed by atoms with E-state index in [4.69, 9.17) is 11.6 Å². The van der Waals surface area contributed by atoms with Crippen molar-refractivity contribution < 1.29 is 4.79 Å². The van der Waals surface area contributed by atoms with E-state index in [1.807, 2.05) is 0 Å². The van der Waals surface area contributed by atoms with Crippen LogP contribution < -0.4 is 0 Å². The van der Waals surface area contributed by atoms with E-state index in [1.165, 1.54) is 16.7 Å². The van der Waals surface area contributed by atoms with Crippen molar-refractivity contribution in [1.29, 1.82) is 0 Å². The molecule has 0 spiro atoms. The topological polar surface area (TPSA) is 32.7 Å². The van der Waals surface area contributed by atoms with Crippen molar-refractivity contribution in [2.75, 3.05) is 13.1 Å². The van der Waals surface area contributed by atoms with Crippen LogP contribution in [0, 0.1) is 13.8 Å². The molecule has 0 fully saturated rings. The molecule has 0 saturated carbocycles. The van der Waals surface area contributed by atoms with E-state index >= 15 is 0 Å². The number of halogens is 1. The third-order valence-corrected chi connectivity index (χ3v) is 5.28. The van der Waals surface area contributed by atoms with Gasteiger partial charge in [-0.2, -0.15) is 0 Å². The van der Waals surface area contributed by atoms with E-state index in [2.05, 4.69) is 37.0 Å². The van der Waals surface area contributed by atoms with Crippen molar-refractivity contribution >= 4 is 34.4 Å². The van der Waals surface area contributed by atoms with Crippen LogP contribution in [0.4, 0.5) is 0 Å². The van der Waals surface area contributed by atoms with Gasteiger partial charge in [-0.1, -0.05) is 53.2 Å². The molecule has 0 aromatic heterocycles. The summed E-state index contributed by atoms with van der Waals surface area (Å²) in [5.41, 5.74) is 4.39. The van der Waals surface area contributed by atoms with Crippen molar-refractivity contribution in [1.82, 2.24) is 4.90 Å². The second-order valence-electron chi connectivity index (χ2n) is 5.85. The summed E-state index contributed by atoms with van der Waals surface area (Å²) >= 11 is 7.62. The highest BCUT2D eigenvalue weighted by Gasteiger charge is 2.25. The van der Waals surface area contributed by atoms with Crippen LogP contribution in [0.15, 0.2) is 47.5 Å². The molecule has 1 heterocycles. The summed E-state index contributed by atoms with van der Waals surface area (Å²) in [6, 6.07) is 13.5. The van der Waals surface area contributed by atoms with Crippen LogP contribution in [0.25, 0.3) is 0 Å². The van der Waals surface area contributed by atoms with Crippen LogP contribution in [0.5, 0.6) is 0 Å². The first-order valence-corrected chi connectivity index (χ1v) is 9.22. The van der Waals surface area contributed by atoms with Crippen LogP contribution in [0.2, 0.25) is 5.02 Å². The molecule has 0 atom stereocenters. The number of thioether (sulfide) groups is 1. The number of aliphatic imine (C=N–C) groups is 1. The first-order chi connectivity index (χ1) is 11.5. The Morgan fingerprint density at radius 3 is 2.88 bits per heavy atom. The van der Waals surface area contributed by atoms with Crippen LogP contribution in [0.3, 0.4) is 0 Å². The molecule has 2 aromatic rings. The van der Waals surface area contributed by atoms with Gasteiger partial charge in [-0.15, -0.1) is 0 Å². The van der Waals surface area contributed by atoms with Crippen LogP contribution >= 0.6 is 23.4 Å². The van der Waals surface area contributed by atoms with Gasteiger partial charge in [-0.3, -0.25) is 14.7 Å². The Morgan fingerprint density at radius 2 is 2.08 bits per heavy atom. The molecule has 3 nitrogen and oxygen atoms in total. The molecule has 5 heteroatoms. The first kappa shape index (κ1) is 17.1. The maximum absolute atomic E-state index is 12.7. The number of amides is 1. The minimum Gasteiger partial charge on any atom is -0.286 e. The molecule has 0 N–H and O–H groups in total. The van der Waals surface area contributed by atoms with Crippen LogP contribution in [-0.4, -0.2) is 29.1 Å². The zero-order valence-electron chi connectivity index (χ0n) is 13.8. The number of hydrogen-bond acceptors (Lipinski definition) is 3. The number of aryl methyl sites for hydroxylation is 2. The lowest BCUT2D eigenvalue weighted by Gasteiger charge is -2.18. The molecular weight excluding hydrogens is 340 g/mol. The summed E-state index contributed by atoms with van der Waals surface area (Å²) in [7, 11) is 0. The van der Waals surface area contributed by atoms with Crippen LogP contribution in [0.1, 0.15) is 27.0 Å². The predicted molar refractivity (Wildman–Crippen MR) is 102 cm³/mol. The van der Waals surface area contributed by atoms with Gasteiger partial charge in [0.2, 0.25) is 0 Å². The second kappa shape index (κ2) is 7.41. The standard InChI is InChI=1S/C19H19ClN2OS/c1-13-6-7-14(2)16(10-13)12-24-19-21-8-9-22(19)18(23)15-4-3-5-17(20)11-15/h3-7,10-11H,8-9,12H2,1-2H3. The van der Waals surface area contributed by atoms with Gasteiger partial charge in [0.05, 0.1) is 6.54 Å². The molecule has 24 heavy (non-hydrogen) atoms. The molecule has 0 saturated heterocycles. The fraction of sp³-hybridized carbons (Fsp3) is 0.263. The van der Waals surface area contributed by atoms with Crippen LogP contribution in [-0.2, 0) is 5.75 Å². The molecule has 0 unspecified atom stereocenters. The fourth-order valence-electron chi connectivity index (χ4n) is 2.61. The predicted octanol–water partition coefficient (Wildman–Crippen LogP) is 4.70. The van der Waals surface area contributed by atoms with E-state index in [0.29, 0.717) is 23.7 Å². The lowest BCUT2D eigenvalue weighted by Crippen LogP contribution is -2.32. The van der Waals surface area contributed by atoms with Gasteiger partial charge in [0.1, 0.15) is 0 Å². The van der Waals surface area contributed by atoms with Gasteiger partial charge in [0.25, 0.3) is 5.91 Å². The SMILES string of the molecule is Cc1ccc(C)c(CSC2=NCCN2C(=O)c2cccc(Cl)c2)c1. The summed E-state index contributed by atoms with van der Waals surface area (Å²) in [4.78, 5) is 19.0. The fourth-order valence-corrected chi connectivity index (χ4v) is 3.91. The summed E-state index contributed by atoms with van der Waals surface area (Å²) < 4.78 is 0. The Hall–Kier alpha value is -1.78. The number of rotatable bonds is 3. The summed E-state index contributed by atoms with van der Waals surface area (Å²) in [5.74, 6) is 0.772. The molecule has 1 amide bonds. The highest BCUT2D eigenvalue weighted by atomic mass is 35.5. The molecule has 1 aliphatic rings. The molecular formula is C19H19ClN2OS. The maximum atomic E-state index is 12.7. The smallest absolute Gasteiger partial charge is 0.259 e. The second-order valence-corrected chi connectivity index (χ2v) is 7.23. The van der Waals surface area contributed by atoms with Gasteiger partial charge in [0, 0.05) is 22.9 Å². The van der Waals surface area contributed by atoms with Gasteiger partial charge in [-0.25, -0.2) is 0 Å². The summed E-state index contributed by atoms with van der Waals surface area (Å²) in [5, 5.41) is 1.36. The molecule has 0 radical (unpaired) electrons. The molecule has 0 bridgehead atoms. The van der Waals surface area contributed by atoms with Gasteiger partial charge >= 0.3 is 0 Å². The van der Waals surface area contributed by atoms with Gasteiger partial charge in [-0.05, 0) is 43.2 Å². The normalized spacial score (nSPS) is 14.0. The minimum atomic E-state index is -0.0396. The molecule has 3 rings (SSSR count). The number of nitrogens with zero attached hydrogens (tertiary/aromatic N) is 2. The number of amidine groups is 1. The Kier molecular flexibility index (Phi) is 5.27.